The second-order valence-electron chi connectivity index (χ2n) is 7.53. The average molecular weight is 397 g/mol. The predicted molar refractivity (Wildman–Crippen MR) is 109 cm³/mol. The van der Waals surface area contributed by atoms with Crippen molar-refractivity contribution in [1.82, 2.24) is 5.32 Å². The van der Waals surface area contributed by atoms with Crippen LogP contribution in [0.1, 0.15) is 37.0 Å². The first-order valence-electron chi connectivity index (χ1n) is 9.61. The van der Waals surface area contributed by atoms with E-state index in [1.165, 1.54) is 24.3 Å². The van der Waals surface area contributed by atoms with E-state index in [-0.39, 0.29) is 29.2 Å². The fraction of sp³-hybridized carbons (Fsp3) is 0.318. The molecule has 3 rings (SSSR count). The molecule has 0 bridgehead atoms. The van der Waals surface area contributed by atoms with Crippen molar-refractivity contribution >= 4 is 29.1 Å². The maximum atomic E-state index is 13.0. The Morgan fingerprint density at radius 2 is 1.45 bits per heavy atom. The SMILES string of the molecule is CC(C)C(NC(=O)c1ccc(F)cc1)C(=O)Nc1ccc(NC(=O)C2CC2)cc1. The summed E-state index contributed by atoms with van der Waals surface area (Å²) >= 11 is 0. The number of nitrogens with one attached hydrogen (secondary N) is 3. The highest BCUT2D eigenvalue weighted by molar-refractivity contribution is 6.01. The third-order valence-corrected chi connectivity index (χ3v) is 4.71. The van der Waals surface area contributed by atoms with Crippen molar-refractivity contribution in [1.29, 1.82) is 0 Å². The van der Waals surface area contributed by atoms with E-state index in [2.05, 4.69) is 16.0 Å². The van der Waals surface area contributed by atoms with E-state index < -0.39 is 17.8 Å². The molecule has 3 amide bonds. The molecule has 0 spiro atoms. The number of carbonyl (C=O) groups excluding carboxylic acids is 3. The van der Waals surface area contributed by atoms with Crippen molar-refractivity contribution in [2.45, 2.75) is 32.7 Å². The molecule has 2 aromatic rings. The van der Waals surface area contributed by atoms with Gasteiger partial charge in [0.25, 0.3) is 5.91 Å². The number of amides is 3. The lowest BCUT2D eigenvalue weighted by atomic mass is 10.0. The third-order valence-electron chi connectivity index (χ3n) is 4.71. The molecule has 7 heteroatoms. The van der Waals surface area contributed by atoms with Crippen LogP contribution >= 0.6 is 0 Å². The minimum Gasteiger partial charge on any atom is -0.340 e. The first-order valence-corrected chi connectivity index (χ1v) is 9.61. The predicted octanol–water partition coefficient (Wildman–Crippen LogP) is 3.57. The summed E-state index contributed by atoms with van der Waals surface area (Å²) in [5.74, 6) is -1.26. The zero-order valence-electron chi connectivity index (χ0n) is 16.4. The number of benzene rings is 2. The van der Waals surface area contributed by atoms with Gasteiger partial charge in [-0.2, -0.15) is 0 Å². The summed E-state index contributed by atoms with van der Waals surface area (Å²) in [5.41, 5.74) is 1.51. The minimum absolute atomic E-state index is 0.0187. The zero-order chi connectivity index (χ0) is 21.0. The van der Waals surface area contributed by atoms with Gasteiger partial charge in [-0.3, -0.25) is 14.4 Å². The van der Waals surface area contributed by atoms with Gasteiger partial charge in [-0.25, -0.2) is 4.39 Å². The van der Waals surface area contributed by atoms with Gasteiger partial charge in [0.05, 0.1) is 0 Å². The quantitative estimate of drug-likeness (QED) is 0.668. The van der Waals surface area contributed by atoms with Crippen LogP contribution in [0.15, 0.2) is 48.5 Å². The Hall–Kier alpha value is -3.22. The fourth-order valence-electron chi connectivity index (χ4n) is 2.81. The highest BCUT2D eigenvalue weighted by atomic mass is 19.1. The summed E-state index contributed by atoms with van der Waals surface area (Å²) in [5, 5.41) is 8.32. The van der Waals surface area contributed by atoms with E-state index in [0.717, 1.165) is 12.8 Å². The second kappa shape index (κ2) is 8.86. The van der Waals surface area contributed by atoms with Crippen molar-refractivity contribution in [3.63, 3.8) is 0 Å². The van der Waals surface area contributed by atoms with Crippen LogP contribution in [0.2, 0.25) is 0 Å². The van der Waals surface area contributed by atoms with Crippen molar-refractivity contribution in [2.24, 2.45) is 11.8 Å². The van der Waals surface area contributed by atoms with Gasteiger partial charge < -0.3 is 16.0 Å². The summed E-state index contributed by atoms with van der Waals surface area (Å²) < 4.78 is 13.0. The maximum absolute atomic E-state index is 13.0. The maximum Gasteiger partial charge on any atom is 0.251 e. The summed E-state index contributed by atoms with van der Waals surface area (Å²) in [6.45, 7) is 3.65. The molecule has 0 aliphatic heterocycles. The number of hydrogen-bond donors (Lipinski definition) is 3. The molecule has 0 aromatic heterocycles. The molecule has 3 N–H and O–H groups in total. The van der Waals surface area contributed by atoms with E-state index >= 15 is 0 Å². The second-order valence-corrected chi connectivity index (χ2v) is 7.53. The highest BCUT2D eigenvalue weighted by Crippen LogP contribution is 2.30. The number of hydrogen-bond acceptors (Lipinski definition) is 3. The van der Waals surface area contributed by atoms with E-state index in [1.807, 2.05) is 13.8 Å². The lowest BCUT2D eigenvalue weighted by Gasteiger charge is -2.22. The Morgan fingerprint density at radius 3 is 1.97 bits per heavy atom. The molecule has 1 unspecified atom stereocenters. The van der Waals surface area contributed by atoms with Crippen LogP contribution in [0.5, 0.6) is 0 Å². The normalized spacial score (nSPS) is 14.2. The van der Waals surface area contributed by atoms with Crippen LogP contribution in [0.4, 0.5) is 15.8 Å². The van der Waals surface area contributed by atoms with Crippen molar-refractivity contribution in [2.75, 3.05) is 10.6 Å². The van der Waals surface area contributed by atoms with Gasteiger partial charge in [0.2, 0.25) is 11.8 Å². The molecule has 0 heterocycles. The molecule has 1 saturated carbocycles. The summed E-state index contributed by atoms with van der Waals surface area (Å²) in [6, 6.07) is 11.2. The van der Waals surface area contributed by atoms with Gasteiger partial charge in [0.1, 0.15) is 11.9 Å². The van der Waals surface area contributed by atoms with Crippen LogP contribution in [-0.4, -0.2) is 23.8 Å². The van der Waals surface area contributed by atoms with Crippen molar-refractivity contribution < 1.29 is 18.8 Å². The molecule has 1 aliphatic rings. The first-order chi connectivity index (χ1) is 13.8. The third kappa shape index (κ3) is 5.63. The first kappa shape index (κ1) is 20.5. The molecular weight excluding hydrogens is 373 g/mol. The van der Waals surface area contributed by atoms with Gasteiger partial charge in [-0.05, 0) is 67.3 Å². The Balaban J connectivity index is 1.60. The molecule has 2 aromatic carbocycles. The van der Waals surface area contributed by atoms with Crippen molar-refractivity contribution in [3.8, 4) is 0 Å². The van der Waals surface area contributed by atoms with Crippen LogP contribution in [-0.2, 0) is 9.59 Å². The molecule has 0 radical (unpaired) electrons. The van der Waals surface area contributed by atoms with Gasteiger partial charge >= 0.3 is 0 Å². The molecule has 29 heavy (non-hydrogen) atoms. The number of rotatable bonds is 7. The van der Waals surface area contributed by atoms with E-state index in [4.69, 9.17) is 0 Å². The van der Waals surface area contributed by atoms with Gasteiger partial charge in [0.15, 0.2) is 0 Å². The largest absolute Gasteiger partial charge is 0.340 e. The lowest BCUT2D eigenvalue weighted by molar-refractivity contribution is -0.119. The zero-order valence-corrected chi connectivity index (χ0v) is 16.4. The van der Waals surface area contributed by atoms with Crippen LogP contribution < -0.4 is 16.0 Å². The summed E-state index contributed by atoms with van der Waals surface area (Å²) in [7, 11) is 0. The Kier molecular flexibility index (Phi) is 6.26. The summed E-state index contributed by atoms with van der Waals surface area (Å²) in [4.78, 5) is 36.9. The Morgan fingerprint density at radius 1 is 0.897 bits per heavy atom. The Bertz CT molecular complexity index is 891. The van der Waals surface area contributed by atoms with E-state index in [0.29, 0.717) is 11.4 Å². The summed E-state index contributed by atoms with van der Waals surface area (Å²) in [6.07, 6.45) is 1.86. The average Bonchev–Trinajstić information content (AvgIpc) is 3.53. The number of anilines is 2. The van der Waals surface area contributed by atoms with Crippen LogP contribution in [0.25, 0.3) is 0 Å². The molecule has 1 fully saturated rings. The van der Waals surface area contributed by atoms with Crippen LogP contribution in [0.3, 0.4) is 0 Å². The van der Waals surface area contributed by atoms with Crippen LogP contribution in [0, 0.1) is 17.7 Å². The molecular formula is C22H24FN3O3. The fourth-order valence-corrected chi connectivity index (χ4v) is 2.81. The van der Waals surface area contributed by atoms with Gasteiger partial charge in [-0.15, -0.1) is 0 Å². The monoisotopic (exact) mass is 397 g/mol. The highest BCUT2D eigenvalue weighted by Gasteiger charge is 2.29. The standard InChI is InChI=1S/C22H24FN3O3/c1-13(2)19(26-21(28)15-5-7-16(23)8-6-15)22(29)25-18-11-9-17(10-12-18)24-20(27)14-3-4-14/h5-14,19H,3-4H2,1-2H3,(H,24,27)(H,25,29)(H,26,28). The van der Waals surface area contributed by atoms with E-state index in [1.54, 1.807) is 24.3 Å². The Labute approximate surface area is 168 Å². The van der Waals surface area contributed by atoms with E-state index in [9.17, 15) is 18.8 Å². The molecule has 1 atom stereocenters. The van der Waals surface area contributed by atoms with Crippen molar-refractivity contribution in [3.05, 3.63) is 59.9 Å². The lowest BCUT2D eigenvalue weighted by Crippen LogP contribution is -2.47. The minimum atomic E-state index is -0.762. The molecule has 6 nitrogen and oxygen atoms in total. The van der Waals surface area contributed by atoms with Gasteiger partial charge in [-0.1, -0.05) is 13.8 Å². The smallest absolute Gasteiger partial charge is 0.251 e. The molecule has 0 saturated heterocycles. The number of halogens is 1. The topological polar surface area (TPSA) is 87.3 Å². The number of carbonyl (C=O) groups is 3. The van der Waals surface area contributed by atoms with Gasteiger partial charge in [0, 0.05) is 22.9 Å². The molecule has 1 aliphatic carbocycles. The molecule has 152 valence electrons.